The van der Waals surface area contributed by atoms with E-state index in [1.807, 2.05) is 49.7 Å². The summed E-state index contributed by atoms with van der Waals surface area (Å²) < 4.78 is 7.46. The van der Waals surface area contributed by atoms with Crippen molar-refractivity contribution in [2.75, 3.05) is 18.0 Å². The van der Waals surface area contributed by atoms with E-state index >= 15 is 0 Å². The fraction of sp³-hybridized carbons (Fsp3) is 0.458. The molecule has 1 N–H and O–H groups in total. The standard InChI is InChI=1S/C24H27Cl2N5O2S/c1-24(2,3)33-23(32)29-16-9-14-12-30(13-15(14)10-16)22-28-11-19(21-27-7-8-31(21)22)34-18-6-4-5-17(25)20(18)26/h4-8,11,14-16H,9-10,12-13H2,1-3H3,(H,29,32). The second-order valence-corrected chi connectivity index (χ2v) is 11.8. The summed E-state index contributed by atoms with van der Waals surface area (Å²) in [5.74, 6) is 1.92. The molecule has 2 atom stereocenters. The lowest BCUT2D eigenvalue weighted by Gasteiger charge is -2.23. The van der Waals surface area contributed by atoms with Crippen LogP contribution < -0.4 is 10.2 Å². The van der Waals surface area contributed by atoms with Crippen LogP contribution in [0.3, 0.4) is 0 Å². The molecule has 5 rings (SSSR count). The van der Waals surface area contributed by atoms with Gasteiger partial charge >= 0.3 is 6.09 Å². The molecule has 34 heavy (non-hydrogen) atoms. The number of hydrogen-bond acceptors (Lipinski definition) is 6. The van der Waals surface area contributed by atoms with Crippen molar-refractivity contribution in [1.82, 2.24) is 19.7 Å². The van der Waals surface area contributed by atoms with Crippen LogP contribution in [0.25, 0.3) is 5.65 Å². The molecule has 2 fully saturated rings. The monoisotopic (exact) mass is 519 g/mol. The van der Waals surface area contributed by atoms with Crippen molar-refractivity contribution in [2.45, 2.75) is 55.0 Å². The highest BCUT2D eigenvalue weighted by molar-refractivity contribution is 7.99. The fourth-order valence-corrected chi connectivity index (χ4v) is 6.33. The Balaban J connectivity index is 1.28. The SMILES string of the molecule is CC(C)(C)OC(=O)NC1CC2CN(c3ncc(Sc4cccc(Cl)c4Cl)c4nccn34)CC2C1. The molecule has 3 heterocycles. The van der Waals surface area contributed by atoms with Gasteiger partial charge in [0.25, 0.3) is 0 Å². The number of amides is 1. The van der Waals surface area contributed by atoms with Crippen LogP contribution >= 0.6 is 35.0 Å². The van der Waals surface area contributed by atoms with Crippen LogP contribution in [0.5, 0.6) is 0 Å². The maximum absolute atomic E-state index is 12.2. The van der Waals surface area contributed by atoms with Gasteiger partial charge in [0, 0.05) is 42.6 Å². The van der Waals surface area contributed by atoms with Gasteiger partial charge in [-0.1, -0.05) is 41.0 Å². The molecule has 7 nitrogen and oxygen atoms in total. The largest absolute Gasteiger partial charge is 0.444 e. The number of fused-ring (bicyclic) bond motifs is 2. The van der Waals surface area contributed by atoms with Gasteiger partial charge in [-0.15, -0.1) is 0 Å². The number of nitrogens with one attached hydrogen (secondary N) is 1. The number of anilines is 1. The average Bonchev–Trinajstić information content (AvgIpc) is 3.45. The summed E-state index contributed by atoms with van der Waals surface area (Å²) in [6.45, 7) is 7.45. The molecule has 1 saturated heterocycles. The molecule has 1 amide bonds. The minimum absolute atomic E-state index is 0.162. The molecule has 0 radical (unpaired) electrons. The number of imidazole rings is 1. The van der Waals surface area contributed by atoms with Crippen LogP contribution in [0.2, 0.25) is 10.0 Å². The fourth-order valence-electron chi connectivity index (χ4n) is 4.93. The van der Waals surface area contributed by atoms with Crippen LogP contribution in [-0.2, 0) is 4.74 Å². The van der Waals surface area contributed by atoms with Gasteiger partial charge in [-0.25, -0.2) is 14.8 Å². The number of benzene rings is 1. The van der Waals surface area contributed by atoms with Crippen molar-refractivity contribution in [3.63, 3.8) is 0 Å². The first-order valence-corrected chi connectivity index (χ1v) is 12.9. The van der Waals surface area contributed by atoms with E-state index in [4.69, 9.17) is 32.9 Å². The zero-order chi connectivity index (χ0) is 24.0. The average molecular weight is 520 g/mol. The van der Waals surface area contributed by atoms with Gasteiger partial charge in [-0.3, -0.25) is 4.40 Å². The summed E-state index contributed by atoms with van der Waals surface area (Å²) in [7, 11) is 0. The Hall–Kier alpha value is -2.16. The highest BCUT2D eigenvalue weighted by atomic mass is 35.5. The van der Waals surface area contributed by atoms with Crippen molar-refractivity contribution in [3.8, 4) is 0 Å². The molecule has 180 valence electrons. The molecule has 2 aliphatic rings. The molecule has 2 unspecified atom stereocenters. The molecule has 2 aromatic heterocycles. The van der Waals surface area contributed by atoms with Crippen molar-refractivity contribution >= 4 is 52.7 Å². The summed E-state index contributed by atoms with van der Waals surface area (Å²) in [6.07, 6.45) is 7.18. The molecule has 0 spiro atoms. The van der Waals surface area contributed by atoms with Gasteiger partial charge in [-0.05, 0) is 57.6 Å². The first-order chi connectivity index (χ1) is 16.2. The number of aromatic nitrogens is 3. The lowest BCUT2D eigenvalue weighted by atomic mass is 10.0. The Bertz CT molecular complexity index is 1210. The van der Waals surface area contributed by atoms with Crippen LogP contribution in [0.1, 0.15) is 33.6 Å². The van der Waals surface area contributed by atoms with E-state index in [0.717, 1.165) is 47.3 Å². The molecule has 1 aliphatic heterocycles. The number of nitrogens with zero attached hydrogens (tertiary/aromatic N) is 4. The molecular formula is C24H27Cl2N5O2S. The summed E-state index contributed by atoms with van der Waals surface area (Å²) in [5, 5.41) is 4.11. The quantitative estimate of drug-likeness (QED) is 0.460. The van der Waals surface area contributed by atoms with Crippen molar-refractivity contribution in [1.29, 1.82) is 0 Å². The number of rotatable bonds is 4. The highest BCUT2D eigenvalue weighted by Gasteiger charge is 2.42. The Morgan fingerprint density at radius 3 is 2.59 bits per heavy atom. The normalized spacial score (nSPS) is 22.3. The van der Waals surface area contributed by atoms with Crippen molar-refractivity contribution in [2.24, 2.45) is 11.8 Å². The third kappa shape index (κ3) is 4.81. The molecule has 0 bridgehead atoms. The van der Waals surface area contributed by atoms with E-state index in [0.29, 0.717) is 21.9 Å². The van der Waals surface area contributed by atoms with Gasteiger partial charge in [0.05, 0.1) is 14.9 Å². The Kier molecular flexibility index (Phi) is 6.33. The van der Waals surface area contributed by atoms with E-state index in [-0.39, 0.29) is 12.1 Å². The first kappa shape index (κ1) is 23.6. The first-order valence-electron chi connectivity index (χ1n) is 11.4. The van der Waals surface area contributed by atoms with Gasteiger partial charge < -0.3 is 15.0 Å². The highest BCUT2D eigenvalue weighted by Crippen LogP contribution is 2.41. The predicted octanol–water partition coefficient (Wildman–Crippen LogP) is 5.93. The van der Waals surface area contributed by atoms with E-state index in [1.165, 1.54) is 11.8 Å². The summed E-state index contributed by atoms with van der Waals surface area (Å²) >= 11 is 14.1. The topological polar surface area (TPSA) is 71.8 Å². The van der Waals surface area contributed by atoms with Gasteiger partial charge in [0.15, 0.2) is 5.65 Å². The lowest BCUT2D eigenvalue weighted by Crippen LogP contribution is -2.39. The minimum Gasteiger partial charge on any atom is -0.444 e. The Morgan fingerprint density at radius 1 is 1.15 bits per heavy atom. The van der Waals surface area contributed by atoms with Gasteiger partial charge in [-0.2, -0.15) is 0 Å². The van der Waals surface area contributed by atoms with Crippen LogP contribution in [0.4, 0.5) is 10.7 Å². The molecule has 1 saturated carbocycles. The van der Waals surface area contributed by atoms with Crippen LogP contribution in [0, 0.1) is 11.8 Å². The van der Waals surface area contributed by atoms with Crippen LogP contribution in [-0.4, -0.2) is 45.2 Å². The molecule has 1 aliphatic carbocycles. The molecule has 3 aromatic rings. The Morgan fingerprint density at radius 2 is 1.88 bits per heavy atom. The van der Waals surface area contributed by atoms with Crippen molar-refractivity contribution < 1.29 is 9.53 Å². The van der Waals surface area contributed by atoms with E-state index in [9.17, 15) is 4.79 Å². The Labute approximate surface area is 213 Å². The summed E-state index contributed by atoms with van der Waals surface area (Å²) in [5.41, 5.74) is 0.354. The second-order valence-electron chi connectivity index (χ2n) is 9.94. The number of alkyl carbamates (subject to hydrolysis) is 1. The van der Waals surface area contributed by atoms with Crippen molar-refractivity contribution in [3.05, 3.63) is 46.8 Å². The number of hydrogen-bond donors (Lipinski definition) is 1. The number of carbonyl (C=O) groups excluding carboxylic acids is 1. The van der Waals surface area contributed by atoms with Gasteiger partial charge in [0.1, 0.15) is 5.60 Å². The maximum Gasteiger partial charge on any atom is 0.407 e. The minimum atomic E-state index is -0.486. The van der Waals surface area contributed by atoms with E-state index in [1.54, 1.807) is 12.3 Å². The summed E-state index contributed by atoms with van der Waals surface area (Å²) in [4.78, 5) is 25.7. The summed E-state index contributed by atoms with van der Waals surface area (Å²) in [6, 6.07) is 5.76. The molecule has 1 aromatic carbocycles. The predicted molar refractivity (Wildman–Crippen MR) is 135 cm³/mol. The number of halogens is 2. The second kappa shape index (κ2) is 9.13. The zero-order valence-corrected chi connectivity index (χ0v) is 21.6. The van der Waals surface area contributed by atoms with E-state index in [2.05, 4.69) is 15.2 Å². The zero-order valence-electron chi connectivity index (χ0n) is 19.3. The lowest BCUT2D eigenvalue weighted by molar-refractivity contribution is 0.0504. The molecule has 10 heteroatoms. The smallest absolute Gasteiger partial charge is 0.407 e. The third-order valence-electron chi connectivity index (χ3n) is 6.26. The van der Waals surface area contributed by atoms with E-state index < -0.39 is 5.60 Å². The number of ether oxygens (including phenoxy) is 1. The third-order valence-corrected chi connectivity index (χ3v) is 8.26. The van der Waals surface area contributed by atoms with Crippen LogP contribution in [0.15, 0.2) is 46.6 Å². The number of carbonyl (C=O) groups is 1. The van der Waals surface area contributed by atoms with Gasteiger partial charge in [0.2, 0.25) is 5.95 Å². The maximum atomic E-state index is 12.2. The molecular weight excluding hydrogens is 493 g/mol.